The Hall–Kier alpha value is -2.05. The van der Waals surface area contributed by atoms with E-state index in [1.54, 1.807) is 17.9 Å². The van der Waals surface area contributed by atoms with E-state index in [2.05, 4.69) is 10.4 Å². The summed E-state index contributed by atoms with van der Waals surface area (Å²) in [6.45, 7) is 1.91. The van der Waals surface area contributed by atoms with E-state index in [1.807, 2.05) is 6.92 Å². The van der Waals surface area contributed by atoms with Gasteiger partial charge in [0.05, 0.1) is 5.69 Å². The summed E-state index contributed by atoms with van der Waals surface area (Å²) in [5.74, 6) is -5.75. The van der Waals surface area contributed by atoms with Crippen LogP contribution in [0.1, 0.15) is 18.2 Å². The average molecular weight is 287 g/mol. The number of anilines is 1. The van der Waals surface area contributed by atoms with Crippen molar-refractivity contribution >= 4 is 5.69 Å². The van der Waals surface area contributed by atoms with Crippen LogP contribution in [0.3, 0.4) is 0 Å². The maximum Gasteiger partial charge on any atom is 0.185 e. The number of hydrogen-bond donors (Lipinski definition) is 1. The number of aromatic nitrogens is 2. The lowest BCUT2D eigenvalue weighted by Gasteiger charge is -2.09. The van der Waals surface area contributed by atoms with E-state index < -0.39 is 29.0 Å². The summed E-state index contributed by atoms with van der Waals surface area (Å²) in [4.78, 5) is 0. The standard InChI is InChI=1S/C13H13F4N3/c1-3-10-7(6-20(2)19-10)5-18-13-11(16)8(14)4-9(15)12(13)17/h4,6,18H,3,5H2,1-2H3. The molecule has 0 aliphatic carbocycles. The molecule has 1 aromatic heterocycles. The van der Waals surface area contributed by atoms with Crippen LogP contribution in [0.15, 0.2) is 12.3 Å². The largest absolute Gasteiger partial charge is 0.376 e. The average Bonchev–Trinajstić information content (AvgIpc) is 2.77. The Bertz CT molecular complexity index is 611. The Kier molecular flexibility index (Phi) is 3.96. The van der Waals surface area contributed by atoms with Crippen LogP contribution < -0.4 is 5.32 Å². The third kappa shape index (κ3) is 2.61. The molecule has 0 radical (unpaired) electrons. The molecule has 0 unspecified atom stereocenters. The minimum Gasteiger partial charge on any atom is -0.376 e. The third-order valence-electron chi connectivity index (χ3n) is 2.89. The molecule has 1 heterocycles. The van der Waals surface area contributed by atoms with Crippen LogP contribution >= 0.6 is 0 Å². The number of rotatable bonds is 4. The third-order valence-corrected chi connectivity index (χ3v) is 2.89. The van der Waals surface area contributed by atoms with E-state index in [4.69, 9.17) is 0 Å². The first-order valence-electron chi connectivity index (χ1n) is 6.02. The van der Waals surface area contributed by atoms with Crippen molar-refractivity contribution in [3.8, 4) is 0 Å². The normalized spacial score (nSPS) is 10.9. The van der Waals surface area contributed by atoms with Crippen LogP contribution in [-0.2, 0) is 20.0 Å². The Balaban J connectivity index is 2.27. The molecule has 1 aromatic carbocycles. The molecule has 0 spiro atoms. The zero-order valence-electron chi connectivity index (χ0n) is 11.0. The van der Waals surface area contributed by atoms with Gasteiger partial charge in [0.2, 0.25) is 0 Å². The summed E-state index contributed by atoms with van der Waals surface area (Å²) in [5, 5.41) is 6.55. The van der Waals surface area contributed by atoms with E-state index in [0.717, 1.165) is 5.69 Å². The smallest absolute Gasteiger partial charge is 0.185 e. The molecule has 108 valence electrons. The monoisotopic (exact) mass is 287 g/mol. The molecule has 0 saturated carbocycles. The van der Waals surface area contributed by atoms with Gasteiger partial charge < -0.3 is 5.32 Å². The van der Waals surface area contributed by atoms with Crippen molar-refractivity contribution in [2.45, 2.75) is 19.9 Å². The fourth-order valence-electron chi connectivity index (χ4n) is 1.94. The second-order valence-corrected chi connectivity index (χ2v) is 4.32. The molecule has 1 N–H and O–H groups in total. The summed E-state index contributed by atoms with van der Waals surface area (Å²) in [6.07, 6.45) is 2.32. The van der Waals surface area contributed by atoms with Crippen molar-refractivity contribution in [1.82, 2.24) is 9.78 Å². The zero-order valence-corrected chi connectivity index (χ0v) is 11.0. The van der Waals surface area contributed by atoms with Gasteiger partial charge in [-0.3, -0.25) is 4.68 Å². The Morgan fingerprint density at radius 2 is 1.75 bits per heavy atom. The summed E-state index contributed by atoms with van der Waals surface area (Å²) in [6, 6.07) is 0.178. The van der Waals surface area contributed by atoms with Gasteiger partial charge in [0.25, 0.3) is 0 Å². The molecule has 0 amide bonds. The molecule has 0 saturated heterocycles. The van der Waals surface area contributed by atoms with Crippen molar-refractivity contribution in [1.29, 1.82) is 0 Å². The lowest BCUT2D eigenvalue weighted by Crippen LogP contribution is -2.08. The van der Waals surface area contributed by atoms with Gasteiger partial charge in [-0.2, -0.15) is 5.10 Å². The molecule has 0 aliphatic heterocycles. The van der Waals surface area contributed by atoms with Crippen molar-refractivity contribution < 1.29 is 17.6 Å². The number of nitrogens with zero attached hydrogens (tertiary/aromatic N) is 2. The predicted molar refractivity (Wildman–Crippen MR) is 66.2 cm³/mol. The van der Waals surface area contributed by atoms with Crippen molar-refractivity contribution in [2.24, 2.45) is 7.05 Å². The van der Waals surface area contributed by atoms with Gasteiger partial charge in [-0.15, -0.1) is 0 Å². The van der Waals surface area contributed by atoms with Gasteiger partial charge in [-0.1, -0.05) is 6.92 Å². The first kappa shape index (κ1) is 14.4. The molecular formula is C13H13F4N3. The minimum absolute atomic E-state index is 0.0216. The SMILES string of the molecule is CCc1nn(C)cc1CNc1c(F)c(F)cc(F)c1F. The number of halogens is 4. The number of aryl methyl sites for hydroxylation is 2. The minimum atomic E-state index is -1.44. The van der Waals surface area contributed by atoms with Crippen LogP contribution in [0.25, 0.3) is 0 Å². The molecular weight excluding hydrogens is 274 g/mol. The molecule has 7 heteroatoms. The summed E-state index contributed by atoms with van der Waals surface area (Å²) in [5.41, 5.74) is 0.643. The Morgan fingerprint density at radius 3 is 2.30 bits per heavy atom. The molecule has 2 aromatic rings. The molecule has 0 bridgehead atoms. The van der Waals surface area contributed by atoms with Crippen LogP contribution in [0, 0.1) is 23.3 Å². The Labute approximate surface area is 113 Å². The first-order chi connectivity index (χ1) is 9.43. The maximum atomic E-state index is 13.5. The quantitative estimate of drug-likeness (QED) is 0.691. The lowest BCUT2D eigenvalue weighted by atomic mass is 10.2. The summed E-state index contributed by atoms with van der Waals surface area (Å²) < 4.78 is 54.6. The van der Waals surface area contributed by atoms with Gasteiger partial charge in [0.15, 0.2) is 23.3 Å². The summed E-state index contributed by atoms with van der Waals surface area (Å²) >= 11 is 0. The van der Waals surface area contributed by atoms with Gasteiger partial charge in [-0.25, -0.2) is 17.6 Å². The van der Waals surface area contributed by atoms with Gasteiger partial charge in [0, 0.05) is 31.4 Å². The van der Waals surface area contributed by atoms with Gasteiger partial charge in [-0.05, 0) is 6.42 Å². The van der Waals surface area contributed by atoms with E-state index in [9.17, 15) is 17.6 Å². The summed E-state index contributed by atoms with van der Waals surface area (Å²) in [7, 11) is 1.71. The molecule has 2 rings (SSSR count). The van der Waals surface area contributed by atoms with Crippen LogP contribution in [-0.4, -0.2) is 9.78 Å². The van der Waals surface area contributed by atoms with E-state index in [0.29, 0.717) is 12.0 Å². The fourth-order valence-corrected chi connectivity index (χ4v) is 1.94. The molecule has 0 atom stereocenters. The van der Waals surface area contributed by atoms with Crippen LogP contribution in [0.2, 0.25) is 0 Å². The second-order valence-electron chi connectivity index (χ2n) is 4.32. The highest BCUT2D eigenvalue weighted by Gasteiger charge is 2.19. The Morgan fingerprint density at radius 1 is 1.15 bits per heavy atom. The van der Waals surface area contributed by atoms with Crippen molar-refractivity contribution in [3.63, 3.8) is 0 Å². The number of benzene rings is 1. The molecule has 3 nitrogen and oxygen atoms in total. The topological polar surface area (TPSA) is 29.9 Å². The number of hydrogen-bond acceptors (Lipinski definition) is 2. The van der Waals surface area contributed by atoms with Crippen LogP contribution in [0.4, 0.5) is 23.2 Å². The predicted octanol–water partition coefficient (Wildman–Crippen LogP) is 3.15. The molecule has 20 heavy (non-hydrogen) atoms. The van der Waals surface area contributed by atoms with Gasteiger partial charge >= 0.3 is 0 Å². The lowest BCUT2D eigenvalue weighted by molar-refractivity contribution is 0.458. The second kappa shape index (κ2) is 5.52. The van der Waals surface area contributed by atoms with Crippen molar-refractivity contribution in [3.05, 3.63) is 46.8 Å². The van der Waals surface area contributed by atoms with E-state index in [1.165, 1.54) is 0 Å². The number of nitrogens with one attached hydrogen (secondary N) is 1. The van der Waals surface area contributed by atoms with Crippen LogP contribution in [0.5, 0.6) is 0 Å². The molecule has 0 aliphatic rings. The highest BCUT2D eigenvalue weighted by atomic mass is 19.2. The van der Waals surface area contributed by atoms with Crippen molar-refractivity contribution in [2.75, 3.05) is 5.32 Å². The highest BCUT2D eigenvalue weighted by Crippen LogP contribution is 2.25. The first-order valence-corrected chi connectivity index (χ1v) is 6.02. The van der Waals surface area contributed by atoms with E-state index >= 15 is 0 Å². The fraction of sp³-hybridized carbons (Fsp3) is 0.308. The molecule has 0 fully saturated rings. The zero-order chi connectivity index (χ0) is 14.9. The van der Waals surface area contributed by atoms with Gasteiger partial charge in [0.1, 0.15) is 5.69 Å². The van der Waals surface area contributed by atoms with E-state index in [-0.39, 0.29) is 12.6 Å². The maximum absolute atomic E-state index is 13.5. The highest BCUT2D eigenvalue weighted by molar-refractivity contribution is 5.47.